The Morgan fingerprint density at radius 3 is 2.43 bits per heavy atom. The number of hydrogen-bond donors (Lipinski definition) is 1. The van der Waals surface area contributed by atoms with Crippen molar-refractivity contribution in [2.45, 2.75) is 25.9 Å². The van der Waals surface area contributed by atoms with Crippen LogP contribution in [0.25, 0.3) is 0 Å². The number of aliphatic carboxylic acids is 1. The molecule has 1 unspecified atom stereocenters. The molecule has 1 N–H and O–H groups in total. The van der Waals surface area contributed by atoms with E-state index in [-0.39, 0.29) is 5.56 Å². The Morgan fingerprint density at radius 2 is 1.95 bits per heavy atom. The Morgan fingerprint density at radius 1 is 1.38 bits per heavy atom. The summed E-state index contributed by atoms with van der Waals surface area (Å²) in [6.45, 7) is 2.56. The standard InChI is InChI=1S/C13H13F2IO5/c1-6(2)10(13(14,15)12(19)20)21-11(18)8-5-7(16)3-4-9(8)17/h3-6,10,17H,1-2H3,(H,19,20)/p-1. The average molecular weight is 413 g/mol. The van der Waals surface area contributed by atoms with E-state index in [1.807, 2.05) is 22.6 Å². The molecular formula is C13H12F2IO5-. The van der Waals surface area contributed by atoms with Gasteiger partial charge in [0.25, 0.3) is 0 Å². The predicted octanol–water partition coefficient (Wildman–Crippen LogP) is 1.56. The van der Waals surface area contributed by atoms with Crippen molar-refractivity contribution in [1.29, 1.82) is 0 Å². The SMILES string of the molecule is CC(C)C(OC(=O)c1cc(I)ccc1O)C(F)(F)C(=O)[O-]. The first-order chi connectivity index (χ1) is 9.57. The summed E-state index contributed by atoms with van der Waals surface area (Å²) in [6.07, 6.45) is -2.20. The highest BCUT2D eigenvalue weighted by atomic mass is 127. The monoisotopic (exact) mass is 413 g/mol. The molecule has 0 bridgehead atoms. The summed E-state index contributed by atoms with van der Waals surface area (Å²) in [6, 6.07) is 3.95. The summed E-state index contributed by atoms with van der Waals surface area (Å²) in [7, 11) is 0. The lowest BCUT2D eigenvalue weighted by atomic mass is 10.0. The second kappa shape index (κ2) is 6.54. The second-order valence-corrected chi connectivity index (χ2v) is 5.89. The molecule has 0 aliphatic carbocycles. The van der Waals surface area contributed by atoms with Gasteiger partial charge in [0.2, 0.25) is 0 Å². The average Bonchev–Trinajstić information content (AvgIpc) is 2.37. The van der Waals surface area contributed by atoms with Gasteiger partial charge < -0.3 is 19.7 Å². The Balaban J connectivity index is 3.08. The molecule has 0 radical (unpaired) electrons. The molecule has 0 aromatic heterocycles. The van der Waals surface area contributed by atoms with Crippen LogP contribution in [0.15, 0.2) is 18.2 Å². The smallest absolute Gasteiger partial charge is 0.342 e. The van der Waals surface area contributed by atoms with Crippen molar-refractivity contribution in [3.63, 3.8) is 0 Å². The maximum absolute atomic E-state index is 13.5. The summed E-state index contributed by atoms with van der Waals surface area (Å²) in [4.78, 5) is 22.4. The summed E-state index contributed by atoms with van der Waals surface area (Å²) in [5, 5.41) is 20.1. The van der Waals surface area contributed by atoms with Crippen LogP contribution in [0.2, 0.25) is 0 Å². The zero-order chi connectivity index (χ0) is 16.4. The zero-order valence-corrected chi connectivity index (χ0v) is 13.3. The molecule has 5 nitrogen and oxygen atoms in total. The van der Waals surface area contributed by atoms with E-state index >= 15 is 0 Å². The first-order valence-corrected chi connectivity index (χ1v) is 6.94. The van der Waals surface area contributed by atoms with Gasteiger partial charge in [0, 0.05) is 3.57 Å². The molecule has 1 aromatic carbocycles. The van der Waals surface area contributed by atoms with E-state index in [9.17, 15) is 28.6 Å². The van der Waals surface area contributed by atoms with Crippen molar-refractivity contribution < 1.29 is 33.3 Å². The highest BCUT2D eigenvalue weighted by molar-refractivity contribution is 14.1. The van der Waals surface area contributed by atoms with Gasteiger partial charge in [0.15, 0.2) is 6.10 Å². The summed E-state index contributed by atoms with van der Waals surface area (Å²) in [5.74, 6) is -9.60. The number of ether oxygens (including phenoxy) is 1. The third kappa shape index (κ3) is 4.02. The number of alkyl halides is 2. The van der Waals surface area contributed by atoms with E-state index in [0.717, 1.165) is 0 Å². The van der Waals surface area contributed by atoms with Gasteiger partial charge in [-0.15, -0.1) is 0 Å². The maximum Gasteiger partial charge on any atom is 0.342 e. The second-order valence-electron chi connectivity index (χ2n) is 4.64. The lowest BCUT2D eigenvalue weighted by Gasteiger charge is -2.30. The minimum Gasteiger partial charge on any atom is -0.544 e. The van der Waals surface area contributed by atoms with Crippen LogP contribution in [0.5, 0.6) is 5.75 Å². The number of halogens is 3. The number of phenolic OH excluding ortho intramolecular Hbond substituents is 1. The number of carboxylic acid groups (broad SMARTS) is 1. The number of hydrogen-bond acceptors (Lipinski definition) is 5. The van der Waals surface area contributed by atoms with E-state index in [2.05, 4.69) is 4.74 Å². The molecule has 0 saturated heterocycles. The normalized spacial score (nSPS) is 13.0. The molecule has 0 amide bonds. The largest absolute Gasteiger partial charge is 0.544 e. The molecule has 1 rings (SSSR count). The number of carboxylic acids is 1. The molecule has 8 heteroatoms. The fourth-order valence-corrected chi connectivity index (χ4v) is 2.09. The van der Waals surface area contributed by atoms with Crippen LogP contribution >= 0.6 is 22.6 Å². The summed E-state index contributed by atoms with van der Waals surface area (Å²) < 4.78 is 32.2. The summed E-state index contributed by atoms with van der Waals surface area (Å²) >= 11 is 1.86. The Labute approximate surface area is 133 Å². The minimum absolute atomic E-state index is 0.318. The molecule has 1 aromatic rings. The van der Waals surface area contributed by atoms with Gasteiger partial charge in [0.1, 0.15) is 17.3 Å². The van der Waals surface area contributed by atoms with Crippen LogP contribution in [0, 0.1) is 9.49 Å². The van der Waals surface area contributed by atoms with Gasteiger partial charge >= 0.3 is 11.9 Å². The van der Waals surface area contributed by atoms with Crippen LogP contribution in [0.1, 0.15) is 24.2 Å². The van der Waals surface area contributed by atoms with Gasteiger partial charge in [-0.05, 0) is 46.7 Å². The maximum atomic E-state index is 13.5. The molecule has 116 valence electrons. The van der Waals surface area contributed by atoms with Crippen molar-refractivity contribution >= 4 is 34.5 Å². The third-order valence-electron chi connectivity index (χ3n) is 2.65. The highest BCUT2D eigenvalue weighted by Crippen LogP contribution is 2.29. The number of benzene rings is 1. The number of aromatic hydroxyl groups is 1. The summed E-state index contributed by atoms with van der Waals surface area (Å²) in [5.41, 5.74) is -0.318. The fourth-order valence-electron chi connectivity index (χ4n) is 1.60. The molecule has 1 atom stereocenters. The van der Waals surface area contributed by atoms with Crippen molar-refractivity contribution in [2.75, 3.05) is 0 Å². The van der Waals surface area contributed by atoms with E-state index in [1.165, 1.54) is 32.0 Å². The lowest BCUT2D eigenvalue weighted by Crippen LogP contribution is -2.53. The Hall–Kier alpha value is -1.45. The van der Waals surface area contributed by atoms with Gasteiger partial charge in [-0.2, -0.15) is 8.78 Å². The number of esters is 1. The van der Waals surface area contributed by atoms with E-state index in [1.54, 1.807) is 0 Å². The van der Waals surface area contributed by atoms with E-state index in [4.69, 9.17) is 0 Å². The Kier molecular flexibility index (Phi) is 5.48. The number of rotatable bonds is 5. The fraction of sp³-hybridized carbons (Fsp3) is 0.385. The molecule has 21 heavy (non-hydrogen) atoms. The van der Waals surface area contributed by atoms with Crippen molar-refractivity contribution in [3.8, 4) is 5.75 Å². The van der Waals surface area contributed by atoms with Crippen LogP contribution in [-0.2, 0) is 9.53 Å². The first kappa shape index (κ1) is 17.6. The third-order valence-corrected chi connectivity index (χ3v) is 3.32. The minimum atomic E-state index is -4.33. The topological polar surface area (TPSA) is 86.7 Å². The van der Waals surface area contributed by atoms with Crippen molar-refractivity contribution in [1.82, 2.24) is 0 Å². The Bertz CT molecular complexity index is 559. The van der Waals surface area contributed by atoms with Gasteiger partial charge in [-0.3, -0.25) is 0 Å². The van der Waals surface area contributed by atoms with Crippen LogP contribution in [0.4, 0.5) is 8.78 Å². The van der Waals surface area contributed by atoms with Crippen LogP contribution < -0.4 is 5.11 Å². The van der Waals surface area contributed by atoms with E-state index in [0.29, 0.717) is 3.57 Å². The van der Waals surface area contributed by atoms with Gasteiger partial charge in [-0.1, -0.05) is 13.8 Å². The highest BCUT2D eigenvalue weighted by Gasteiger charge is 2.46. The van der Waals surface area contributed by atoms with Gasteiger partial charge in [0.05, 0.1) is 0 Å². The first-order valence-electron chi connectivity index (χ1n) is 5.86. The molecule has 0 fully saturated rings. The molecular weight excluding hydrogens is 401 g/mol. The zero-order valence-electron chi connectivity index (χ0n) is 11.1. The molecule has 0 heterocycles. The van der Waals surface area contributed by atoms with Crippen LogP contribution in [0.3, 0.4) is 0 Å². The molecule has 0 spiro atoms. The molecule has 0 aliphatic rings. The molecule has 0 aliphatic heterocycles. The quantitative estimate of drug-likeness (QED) is 0.585. The number of phenols is 1. The van der Waals surface area contributed by atoms with Crippen molar-refractivity contribution in [3.05, 3.63) is 27.3 Å². The van der Waals surface area contributed by atoms with E-state index < -0.39 is 35.6 Å². The van der Waals surface area contributed by atoms with Crippen LogP contribution in [-0.4, -0.2) is 29.1 Å². The lowest BCUT2D eigenvalue weighted by molar-refractivity contribution is -0.337. The number of carbonyl (C=O) groups excluding carboxylic acids is 2. The number of carbonyl (C=O) groups is 2. The molecule has 0 saturated carbocycles. The van der Waals surface area contributed by atoms with Gasteiger partial charge in [-0.25, -0.2) is 4.79 Å². The predicted molar refractivity (Wildman–Crippen MR) is 74.8 cm³/mol. The van der Waals surface area contributed by atoms with Crippen molar-refractivity contribution in [2.24, 2.45) is 5.92 Å².